The largest absolute Gasteiger partial charge is 0.399 e. The molecule has 1 aliphatic carbocycles. The van der Waals surface area contributed by atoms with Gasteiger partial charge in [-0.05, 0) is 43.7 Å². The van der Waals surface area contributed by atoms with Gasteiger partial charge >= 0.3 is 0 Å². The molecule has 17 heavy (non-hydrogen) atoms. The van der Waals surface area contributed by atoms with Crippen LogP contribution in [0.5, 0.6) is 0 Å². The fourth-order valence-electron chi connectivity index (χ4n) is 1.89. The Hall–Kier alpha value is -1.55. The van der Waals surface area contributed by atoms with Crippen LogP contribution in [0.4, 0.5) is 11.4 Å². The number of nitrogen functional groups attached to an aromatic ring is 1. The van der Waals surface area contributed by atoms with Crippen LogP contribution in [0, 0.1) is 0 Å². The summed E-state index contributed by atoms with van der Waals surface area (Å²) in [6, 6.07) is 7.83. The van der Waals surface area contributed by atoms with Gasteiger partial charge in [-0.25, -0.2) is 0 Å². The van der Waals surface area contributed by atoms with Crippen molar-refractivity contribution in [3.63, 3.8) is 0 Å². The van der Waals surface area contributed by atoms with Crippen molar-refractivity contribution in [1.29, 1.82) is 0 Å². The Morgan fingerprint density at radius 1 is 1.41 bits per heavy atom. The van der Waals surface area contributed by atoms with E-state index in [1.54, 1.807) is 12.1 Å². The zero-order valence-corrected chi connectivity index (χ0v) is 10.1. The lowest BCUT2D eigenvalue weighted by atomic mass is 10.3. The normalized spacial score (nSPS) is 14.9. The summed E-state index contributed by atoms with van der Waals surface area (Å²) in [4.78, 5) is 14.0. The Kier molecular flexibility index (Phi) is 3.64. The van der Waals surface area contributed by atoms with Crippen LogP contribution in [-0.4, -0.2) is 29.9 Å². The van der Waals surface area contributed by atoms with Gasteiger partial charge in [0.05, 0.1) is 6.54 Å². The van der Waals surface area contributed by atoms with Gasteiger partial charge in [0, 0.05) is 17.4 Å². The van der Waals surface area contributed by atoms with E-state index in [0.29, 0.717) is 18.3 Å². The van der Waals surface area contributed by atoms with Crippen LogP contribution < -0.4 is 11.1 Å². The third-order valence-electron chi connectivity index (χ3n) is 3.01. The number of anilines is 2. The maximum atomic E-state index is 11.8. The number of carbonyl (C=O) groups is 1. The molecule has 0 bridgehead atoms. The summed E-state index contributed by atoms with van der Waals surface area (Å²) < 4.78 is 0. The molecule has 3 N–H and O–H groups in total. The van der Waals surface area contributed by atoms with E-state index in [1.807, 2.05) is 12.1 Å². The van der Waals surface area contributed by atoms with Gasteiger partial charge in [0.25, 0.3) is 0 Å². The molecule has 0 aliphatic heterocycles. The van der Waals surface area contributed by atoms with Crippen LogP contribution in [-0.2, 0) is 4.79 Å². The van der Waals surface area contributed by atoms with E-state index in [9.17, 15) is 4.79 Å². The summed E-state index contributed by atoms with van der Waals surface area (Å²) in [6.45, 7) is 3.50. The van der Waals surface area contributed by atoms with E-state index in [1.165, 1.54) is 12.8 Å². The molecule has 0 saturated heterocycles. The van der Waals surface area contributed by atoms with Crippen LogP contribution in [0.3, 0.4) is 0 Å². The average molecular weight is 233 g/mol. The van der Waals surface area contributed by atoms with Gasteiger partial charge in [-0.1, -0.05) is 6.92 Å². The van der Waals surface area contributed by atoms with Gasteiger partial charge in [0.2, 0.25) is 5.91 Å². The second-order valence-electron chi connectivity index (χ2n) is 4.46. The van der Waals surface area contributed by atoms with Gasteiger partial charge in [-0.3, -0.25) is 9.69 Å². The van der Waals surface area contributed by atoms with E-state index in [-0.39, 0.29) is 5.91 Å². The van der Waals surface area contributed by atoms with Gasteiger partial charge in [-0.15, -0.1) is 0 Å². The smallest absolute Gasteiger partial charge is 0.238 e. The molecule has 2 rings (SSSR count). The molecule has 4 heteroatoms. The van der Waals surface area contributed by atoms with Gasteiger partial charge in [0.1, 0.15) is 0 Å². The number of rotatable bonds is 5. The molecule has 0 radical (unpaired) electrons. The minimum atomic E-state index is 0.0449. The van der Waals surface area contributed by atoms with Crippen LogP contribution in [0.15, 0.2) is 24.3 Å². The van der Waals surface area contributed by atoms with Gasteiger partial charge in [-0.2, -0.15) is 0 Å². The molecule has 0 unspecified atom stereocenters. The molecular formula is C13H19N3O. The summed E-state index contributed by atoms with van der Waals surface area (Å²) in [6.07, 6.45) is 2.45. The minimum Gasteiger partial charge on any atom is -0.399 e. The molecule has 1 saturated carbocycles. The van der Waals surface area contributed by atoms with Crippen LogP contribution >= 0.6 is 0 Å². The number of amides is 1. The van der Waals surface area contributed by atoms with E-state index < -0.39 is 0 Å². The summed E-state index contributed by atoms with van der Waals surface area (Å²) in [7, 11) is 0. The number of nitrogens with two attached hydrogens (primary N) is 1. The molecule has 1 fully saturated rings. The molecule has 0 atom stereocenters. The molecule has 1 aliphatic rings. The molecular weight excluding hydrogens is 214 g/mol. The van der Waals surface area contributed by atoms with Crippen molar-refractivity contribution in [2.24, 2.45) is 0 Å². The SMILES string of the molecule is CCN(CC(=O)Nc1ccc(N)cc1)C1CC1. The maximum Gasteiger partial charge on any atom is 0.238 e. The molecule has 92 valence electrons. The van der Waals surface area contributed by atoms with E-state index in [0.717, 1.165) is 12.2 Å². The predicted molar refractivity (Wildman–Crippen MR) is 69.8 cm³/mol. The molecule has 4 nitrogen and oxygen atoms in total. The number of likely N-dealkylation sites (N-methyl/N-ethyl adjacent to an activating group) is 1. The van der Waals surface area contributed by atoms with Crippen molar-refractivity contribution in [2.75, 3.05) is 24.1 Å². The Morgan fingerprint density at radius 2 is 2.06 bits per heavy atom. The maximum absolute atomic E-state index is 11.8. The summed E-state index contributed by atoms with van der Waals surface area (Å²) in [5.41, 5.74) is 7.09. The molecule has 1 aromatic rings. The number of hydrogen-bond acceptors (Lipinski definition) is 3. The highest BCUT2D eigenvalue weighted by Crippen LogP contribution is 2.26. The van der Waals surface area contributed by atoms with Crippen LogP contribution in [0.2, 0.25) is 0 Å². The third kappa shape index (κ3) is 3.46. The van der Waals surface area contributed by atoms with E-state index in [2.05, 4.69) is 17.1 Å². The second-order valence-corrected chi connectivity index (χ2v) is 4.46. The Balaban J connectivity index is 1.85. The van der Waals surface area contributed by atoms with Crippen molar-refractivity contribution in [3.8, 4) is 0 Å². The first-order valence-electron chi connectivity index (χ1n) is 6.08. The van der Waals surface area contributed by atoms with Crippen molar-refractivity contribution in [1.82, 2.24) is 4.90 Å². The summed E-state index contributed by atoms with van der Waals surface area (Å²) in [5, 5.41) is 2.88. The topological polar surface area (TPSA) is 58.4 Å². The lowest BCUT2D eigenvalue weighted by Gasteiger charge is -2.18. The fraction of sp³-hybridized carbons (Fsp3) is 0.462. The van der Waals surface area contributed by atoms with Crippen molar-refractivity contribution >= 4 is 17.3 Å². The lowest BCUT2D eigenvalue weighted by Crippen LogP contribution is -2.34. The van der Waals surface area contributed by atoms with Crippen LogP contribution in [0.25, 0.3) is 0 Å². The Labute approximate surface area is 102 Å². The minimum absolute atomic E-state index is 0.0449. The zero-order chi connectivity index (χ0) is 12.3. The second kappa shape index (κ2) is 5.19. The number of carbonyl (C=O) groups excluding carboxylic acids is 1. The van der Waals surface area contributed by atoms with Crippen LogP contribution in [0.1, 0.15) is 19.8 Å². The molecule has 0 spiro atoms. The molecule has 1 aromatic carbocycles. The van der Waals surface area contributed by atoms with Crippen molar-refractivity contribution in [3.05, 3.63) is 24.3 Å². The lowest BCUT2D eigenvalue weighted by molar-refractivity contribution is -0.117. The van der Waals surface area contributed by atoms with Crippen molar-refractivity contribution < 1.29 is 4.79 Å². The molecule has 0 aromatic heterocycles. The van der Waals surface area contributed by atoms with E-state index in [4.69, 9.17) is 5.73 Å². The Morgan fingerprint density at radius 3 is 2.59 bits per heavy atom. The number of hydrogen-bond donors (Lipinski definition) is 2. The predicted octanol–water partition coefficient (Wildman–Crippen LogP) is 1.69. The average Bonchev–Trinajstić information content (AvgIpc) is 3.13. The third-order valence-corrected chi connectivity index (χ3v) is 3.01. The fourth-order valence-corrected chi connectivity index (χ4v) is 1.89. The Bertz CT molecular complexity index is 384. The molecule has 0 heterocycles. The number of nitrogens with one attached hydrogen (secondary N) is 1. The standard InChI is InChI=1S/C13H19N3O/c1-2-16(12-7-8-12)9-13(17)15-11-5-3-10(14)4-6-11/h3-6,12H,2,7-9,14H2,1H3,(H,15,17). The summed E-state index contributed by atoms with van der Waals surface area (Å²) >= 11 is 0. The monoisotopic (exact) mass is 233 g/mol. The van der Waals surface area contributed by atoms with E-state index >= 15 is 0 Å². The number of benzene rings is 1. The molecule has 1 amide bonds. The first-order chi connectivity index (χ1) is 8.19. The highest BCUT2D eigenvalue weighted by atomic mass is 16.2. The highest BCUT2D eigenvalue weighted by molar-refractivity contribution is 5.92. The number of nitrogens with zero attached hydrogens (tertiary/aromatic N) is 1. The first kappa shape index (κ1) is 11.9. The van der Waals surface area contributed by atoms with Gasteiger partial charge < -0.3 is 11.1 Å². The van der Waals surface area contributed by atoms with Crippen molar-refractivity contribution in [2.45, 2.75) is 25.8 Å². The van der Waals surface area contributed by atoms with Gasteiger partial charge in [0.15, 0.2) is 0 Å². The zero-order valence-electron chi connectivity index (χ0n) is 10.1. The first-order valence-corrected chi connectivity index (χ1v) is 6.08. The quantitative estimate of drug-likeness (QED) is 0.761. The highest BCUT2D eigenvalue weighted by Gasteiger charge is 2.28. The summed E-state index contributed by atoms with van der Waals surface area (Å²) in [5.74, 6) is 0.0449.